The zero-order valence-electron chi connectivity index (χ0n) is 17.2. The van der Waals surface area contributed by atoms with Gasteiger partial charge in [-0.25, -0.2) is 4.99 Å². The molecule has 2 atom stereocenters. The van der Waals surface area contributed by atoms with Gasteiger partial charge in [-0.2, -0.15) is 0 Å². The fourth-order valence-corrected chi connectivity index (χ4v) is 3.61. The van der Waals surface area contributed by atoms with Crippen LogP contribution >= 0.6 is 24.0 Å². The molecular weight excluding hydrogens is 457 g/mol. The highest BCUT2D eigenvalue weighted by atomic mass is 127. The highest BCUT2D eigenvalue weighted by molar-refractivity contribution is 14.0. The van der Waals surface area contributed by atoms with Crippen molar-refractivity contribution in [1.29, 1.82) is 0 Å². The van der Waals surface area contributed by atoms with E-state index in [9.17, 15) is 4.79 Å². The highest BCUT2D eigenvalue weighted by Crippen LogP contribution is 2.16. The van der Waals surface area contributed by atoms with Crippen molar-refractivity contribution >= 4 is 35.8 Å². The highest BCUT2D eigenvalue weighted by Gasteiger charge is 2.23. The van der Waals surface area contributed by atoms with Crippen LogP contribution < -0.4 is 10.6 Å². The molecule has 0 spiro atoms. The van der Waals surface area contributed by atoms with Crippen molar-refractivity contribution in [2.45, 2.75) is 57.6 Å². The minimum atomic E-state index is 0. The predicted octanol–water partition coefficient (Wildman–Crippen LogP) is 1.67. The number of hydrogen-bond acceptors (Lipinski definition) is 4. The minimum Gasteiger partial charge on any atom is -0.378 e. The van der Waals surface area contributed by atoms with E-state index >= 15 is 0 Å². The lowest BCUT2D eigenvalue weighted by molar-refractivity contribution is -0.127. The molecule has 2 fully saturated rings. The first-order valence-electron chi connectivity index (χ1n) is 10.2. The Morgan fingerprint density at radius 1 is 1.22 bits per heavy atom. The van der Waals surface area contributed by atoms with Crippen molar-refractivity contribution in [1.82, 2.24) is 20.4 Å². The standard InChI is InChI=1S/C19H37N5O2.HI/c1-4-24-12-7-8-16(24)14-21-19(22-15-18(25)23(2)3)20-11-10-17-9-5-6-13-26-17;/h16-17H,4-15H2,1-3H3,(H2,20,21,22);1H. The van der Waals surface area contributed by atoms with Crippen LogP contribution in [0.5, 0.6) is 0 Å². The molecule has 0 saturated carbocycles. The van der Waals surface area contributed by atoms with Gasteiger partial charge in [-0.15, -0.1) is 24.0 Å². The Labute approximate surface area is 181 Å². The second-order valence-corrected chi connectivity index (χ2v) is 7.46. The van der Waals surface area contributed by atoms with Crippen molar-refractivity contribution in [3.63, 3.8) is 0 Å². The predicted molar refractivity (Wildman–Crippen MR) is 121 cm³/mol. The lowest BCUT2D eigenvalue weighted by Crippen LogP contribution is -2.46. The third kappa shape index (κ3) is 8.95. The molecule has 0 bridgehead atoms. The number of carbonyl (C=O) groups is 1. The zero-order valence-corrected chi connectivity index (χ0v) is 19.5. The number of likely N-dealkylation sites (tertiary alicyclic amines) is 1. The summed E-state index contributed by atoms with van der Waals surface area (Å²) in [6, 6.07) is 0.554. The van der Waals surface area contributed by atoms with E-state index in [0.717, 1.165) is 45.0 Å². The largest absolute Gasteiger partial charge is 0.378 e. The molecule has 0 radical (unpaired) electrons. The number of nitrogens with one attached hydrogen (secondary N) is 2. The van der Waals surface area contributed by atoms with Crippen LogP contribution in [0.4, 0.5) is 0 Å². The van der Waals surface area contributed by atoms with Gasteiger partial charge < -0.3 is 20.3 Å². The van der Waals surface area contributed by atoms with E-state index in [2.05, 4.69) is 27.4 Å². The molecule has 2 rings (SSSR count). The van der Waals surface area contributed by atoms with Gasteiger partial charge in [0.15, 0.2) is 5.96 Å². The van der Waals surface area contributed by atoms with Gasteiger partial charge in [0.25, 0.3) is 0 Å². The Morgan fingerprint density at radius 3 is 2.70 bits per heavy atom. The molecular formula is C19H38IN5O2. The van der Waals surface area contributed by atoms with Gasteiger partial charge in [0.1, 0.15) is 6.54 Å². The monoisotopic (exact) mass is 495 g/mol. The Hall–Kier alpha value is -0.610. The first-order valence-corrected chi connectivity index (χ1v) is 10.2. The topological polar surface area (TPSA) is 69.2 Å². The van der Waals surface area contributed by atoms with E-state index in [1.165, 1.54) is 32.2 Å². The SMILES string of the molecule is CCN1CCCC1CNC(=NCC(=O)N(C)C)NCCC1CCCCO1.I. The van der Waals surface area contributed by atoms with Gasteiger partial charge >= 0.3 is 0 Å². The summed E-state index contributed by atoms with van der Waals surface area (Å²) in [5.74, 6) is 0.747. The van der Waals surface area contributed by atoms with E-state index in [4.69, 9.17) is 4.74 Å². The lowest BCUT2D eigenvalue weighted by Gasteiger charge is -2.25. The Balaban J connectivity index is 0.00000364. The van der Waals surface area contributed by atoms with Gasteiger partial charge in [0.05, 0.1) is 6.10 Å². The molecule has 8 heteroatoms. The second-order valence-electron chi connectivity index (χ2n) is 7.46. The van der Waals surface area contributed by atoms with E-state index in [1.807, 2.05) is 0 Å². The van der Waals surface area contributed by atoms with Gasteiger partial charge in [-0.3, -0.25) is 9.69 Å². The molecule has 0 aromatic carbocycles. The van der Waals surface area contributed by atoms with Crippen molar-refractivity contribution in [2.24, 2.45) is 4.99 Å². The summed E-state index contributed by atoms with van der Waals surface area (Å²) in [6.07, 6.45) is 7.40. The molecule has 7 nitrogen and oxygen atoms in total. The maximum absolute atomic E-state index is 11.9. The van der Waals surface area contributed by atoms with Crippen LogP contribution in [0.25, 0.3) is 0 Å². The van der Waals surface area contributed by atoms with E-state index in [0.29, 0.717) is 12.1 Å². The molecule has 2 N–H and O–H groups in total. The van der Waals surface area contributed by atoms with Gasteiger partial charge in [-0.1, -0.05) is 6.92 Å². The number of ether oxygens (including phenoxy) is 1. The number of aliphatic imine (C=N–C) groups is 1. The summed E-state index contributed by atoms with van der Waals surface area (Å²) in [6.45, 7) is 7.22. The number of rotatable bonds is 8. The Bertz CT molecular complexity index is 455. The van der Waals surface area contributed by atoms with Crippen molar-refractivity contribution in [3.05, 3.63) is 0 Å². The summed E-state index contributed by atoms with van der Waals surface area (Å²) in [7, 11) is 3.52. The lowest BCUT2D eigenvalue weighted by atomic mass is 10.1. The molecule has 2 aliphatic rings. The summed E-state index contributed by atoms with van der Waals surface area (Å²) in [5, 5.41) is 6.83. The first-order chi connectivity index (χ1) is 12.6. The zero-order chi connectivity index (χ0) is 18.8. The maximum Gasteiger partial charge on any atom is 0.243 e. The molecule has 158 valence electrons. The molecule has 2 unspecified atom stereocenters. The third-order valence-electron chi connectivity index (χ3n) is 5.31. The molecule has 0 aromatic rings. The van der Waals surface area contributed by atoms with Crippen LogP contribution in [0.3, 0.4) is 0 Å². The number of carbonyl (C=O) groups excluding carboxylic acids is 1. The summed E-state index contributed by atoms with van der Waals surface area (Å²) in [5.41, 5.74) is 0. The molecule has 1 amide bonds. The smallest absolute Gasteiger partial charge is 0.243 e. The average Bonchev–Trinajstić information content (AvgIpc) is 3.11. The van der Waals surface area contributed by atoms with Crippen molar-refractivity contribution in [3.8, 4) is 0 Å². The number of guanidine groups is 1. The van der Waals surface area contributed by atoms with Gasteiger partial charge in [0.2, 0.25) is 5.91 Å². The average molecular weight is 495 g/mol. The van der Waals surface area contributed by atoms with Crippen molar-refractivity contribution < 1.29 is 9.53 Å². The van der Waals surface area contributed by atoms with Gasteiger partial charge in [-0.05, 0) is 51.6 Å². The molecule has 2 saturated heterocycles. The van der Waals surface area contributed by atoms with E-state index in [1.54, 1.807) is 19.0 Å². The number of likely N-dealkylation sites (N-methyl/N-ethyl adjacent to an activating group) is 2. The third-order valence-corrected chi connectivity index (χ3v) is 5.31. The summed E-state index contributed by atoms with van der Waals surface area (Å²) < 4.78 is 5.79. The van der Waals surface area contributed by atoms with E-state index < -0.39 is 0 Å². The van der Waals surface area contributed by atoms with E-state index in [-0.39, 0.29) is 36.4 Å². The molecule has 2 aliphatic heterocycles. The van der Waals surface area contributed by atoms with Crippen LogP contribution in [0.15, 0.2) is 4.99 Å². The normalized spacial score (nSPS) is 23.6. The first kappa shape index (κ1) is 24.4. The minimum absolute atomic E-state index is 0. The molecule has 27 heavy (non-hydrogen) atoms. The quantitative estimate of drug-likeness (QED) is 0.305. The fourth-order valence-electron chi connectivity index (χ4n) is 3.61. The molecule has 0 aromatic heterocycles. The van der Waals surface area contributed by atoms with Gasteiger partial charge in [0, 0.05) is 39.8 Å². The number of nitrogens with zero attached hydrogens (tertiary/aromatic N) is 3. The van der Waals surface area contributed by atoms with Crippen molar-refractivity contribution in [2.75, 3.05) is 53.4 Å². The van der Waals surface area contributed by atoms with Crippen LogP contribution in [-0.4, -0.2) is 87.2 Å². The summed E-state index contributed by atoms with van der Waals surface area (Å²) in [4.78, 5) is 20.4. The summed E-state index contributed by atoms with van der Waals surface area (Å²) >= 11 is 0. The Morgan fingerprint density at radius 2 is 2.04 bits per heavy atom. The van der Waals surface area contributed by atoms with Crippen LogP contribution in [-0.2, 0) is 9.53 Å². The Kier molecular flexibility index (Phi) is 12.3. The maximum atomic E-state index is 11.9. The molecule has 2 heterocycles. The van der Waals surface area contributed by atoms with Crippen LogP contribution in [0.2, 0.25) is 0 Å². The van der Waals surface area contributed by atoms with Crippen LogP contribution in [0, 0.1) is 0 Å². The number of hydrogen-bond donors (Lipinski definition) is 2. The number of halogens is 1. The molecule has 0 aliphatic carbocycles. The van der Waals surface area contributed by atoms with Crippen LogP contribution in [0.1, 0.15) is 45.4 Å². The fraction of sp³-hybridized carbons (Fsp3) is 0.895. The number of amides is 1. The second kappa shape index (κ2) is 13.5.